The van der Waals surface area contributed by atoms with Gasteiger partial charge in [-0.25, -0.2) is 0 Å². The van der Waals surface area contributed by atoms with Gasteiger partial charge in [-0.15, -0.1) is 0 Å². The molecule has 0 aromatic rings. The molecule has 0 aliphatic heterocycles. The predicted molar refractivity (Wildman–Crippen MR) is 49.5 cm³/mol. The Hall–Kier alpha value is -0.290. The first-order valence-corrected chi connectivity index (χ1v) is 5.65. The Morgan fingerprint density at radius 2 is 1.60 bits per heavy atom. The van der Waals surface area contributed by atoms with Crippen molar-refractivity contribution >= 4 is 10.1 Å². The van der Waals surface area contributed by atoms with Crippen LogP contribution >= 0.6 is 0 Å². The smallest absolute Gasteiger partial charge is 0.267 e. The first kappa shape index (κ1) is 14.7. The van der Waals surface area contributed by atoms with Crippen LogP contribution in [0.4, 0.5) is 0 Å². The van der Waals surface area contributed by atoms with E-state index in [1.54, 1.807) is 0 Å². The summed E-state index contributed by atoms with van der Waals surface area (Å²) in [5.41, 5.74) is 5.14. The molecule has 0 aromatic heterocycles. The lowest BCUT2D eigenvalue weighted by atomic mass is 10.0. The fourth-order valence-electron chi connectivity index (χ4n) is 0.903. The average Bonchev–Trinajstić information content (AvgIpc) is 2.11. The molecule has 0 aliphatic rings. The van der Waals surface area contributed by atoms with E-state index in [0.717, 1.165) is 0 Å². The van der Waals surface area contributed by atoms with E-state index < -0.39 is 46.8 Å². The molecule has 0 saturated heterocycles. The van der Waals surface area contributed by atoms with Gasteiger partial charge in [0.2, 0.25) is 0 Å². The average molecular weight is 245 g/mol. The Morgan fingerprint density at radius 3 is 1.93 bits per heavy atom. The minimum atomic E-state index is -4.46. The summed E-state index contributed by atoms with van der Waals surface area (Å²) < 4.78 is 29.0. The van der Waals surface area contributed by atoms with Crippen LogP contribution in [-0.4, -0.2) is 70.1 Å². The Bertz CT molecular complexity index is 279. The predicted octanol–water partition coefficient (Wildman–Crippen LogP) is -3.72. The zero-order valence-corrected chi connectivity index (χ0v) is 8.58. The summed E-state index contributed by atoms with van der Waals surface area (Å²) in [6.45, 7) is -0.642. The van der Waals surface area contributed by atoms with Crippen molar-refractivity contribution in [2.45, 2.75) is 24.4 Å². The van der Waals surface area contributed by atoms with Gasteiger partial charge in [0.1, 0.15) is 11.9 Å². The third-order valence-corrected chi connectivity index (χ3v) is 2.54. The molecule has 7 N–H and O–H groups in total. The monoisotopic (exact) mass is 245 g/mol. The number of aliphatic hydroxyl groups excluding tert-OH is 4. The van der Waals surface area contributed by atoms with E-state index in [-0.39, 0.29) is 0 Å². The van der Waals surface area contributed by atoms with Gasteiger partial charge < -0.3 is 26.2 Å². The van der Waals surface area contributed by atoms with Crippen molar-refractivity contribution in [1.82, 2.24) is 0 Å². The quantitative estimate of drug-likeness (QED) is 0.260. The van der Waals surface area contributed by atoms with Crippen LogP contribution in [0.1, 0.15) is 0 Å². The lowest BCUT2D eigenvalue weighted by Crippen LogP contribution is -2.51. The molecule has 0 aliphatic carbocycles. The second-order valence-electron chi connectivity index (χ2n) is 3.14. The maximum Gasteiger partial charge on any atom is 0.267 e. The molecule has 0 aromatic carbocycles. The summed E-state index contributed by atoms with van der Waals surface area (Å²) in [4.78, 5) is 0. The minimum absolute atomic E-state index is 0.642. The highest BCUT2D eigenvalue weighted by atomic mass is 32.2. The fourth-order valence-corrected chi connectivity index (χ4v) is 1.53. The largest absolute Gasteiger partial charge is 0.395 e. The van der Waals surface area contributed by atoms with Crippen LogP contribution < -0.4 is 5.73 Å². The highest BCUT2D eigenvalue weighted by Crippen LogP contribution is 2.05. The molecule has 0 heterocycles. The van der Waals surface area contributed by atoms with Gasteiger partial charge in [-0.05, 0) is 0 Å². The van der Waals surface area contributed by atoms with Gasteiger partial charge in [0.15, 0.2) is 0 Å². The number of hydrogen-bond acceptors (Lipinski definition) is 7. The fraction of sp³-hybridized carbons (Fsp3) is 1.00. The lowest BCUT2D eigenvalue weighted by molar-refractivity contribution is -0.0653. The van der Waals surface area contributed by atoms with E-state index in [0.29, 0.717) is 0 Å². The number of nitrogens with two attached hydrogens (primary N) is 1. The van der Waals surface area contributed by atoms with E-state index in [1.807, 2.05) is 0 Å². The minimum Gasteiger partial charge on any atom is -0.395 e. The molecule has 0 spiro atoms. The molecule has 4 atom stereocenters. The maximum atomic E-state index is 10.3. The van der Waals surface area contributed by atoms with Crippen molar-refractivity contribution < 1.29 is 33.4 Å². The van der Waals surface area contributed by atoms with Crippen LogP contribution in [0.3, 0.4) is 0 Å². The van der Waals surface area contributed by atoms with Gasteiger partial charge >= 0.3 is 0 Å². The third-order valence-electron chi connectivity index (χ3n) is 1.78. The summed E-state index contributed by atoms with van der Waals surface area (Å²) in [6.07, 6.45) is -5.44. The van der Waals surface area contributed by atoms with Crippen molar-refractivity contribution in [1.29, 1.82) is 0 Å². The van der Waals surface area contributed by atoms with E-state index in [4.69, 9.17) is 20.5 Å². The van der Waals surface area contributed by atoms with Crippen molar-refractivity contribution in [3.63, 3.8) is 0 Å². The Balaban J connectivity index is 4.37. The zero-order valence-electron chi connectivity index (χ0n) is 7.76. The number of hydrogen-bond donors (Lipinski definition) is 6. The second kappa shape index (κ2) is 5.70. The standard InChI is InChI=1S/C6H15NO7S/c7-3(1-8)5(10)6(11)4(9)2-15(12,13)14/h3-6,8-11H,1-2,7H2,(H,12,13,14). The molecular formula is C6H15NO7S. The normalized spacial score (nSPS) is 20.7. The van der Waals surface area contributed by atoms with Gasteiger partial charge in [0.05, 0.1) is 24.9 Å². The van der Waals surface area contributed by atoms with Crippen LogP contribution in [0, 0.1) is 0 Å². The molecule has 0 radical (unpaired) electrons. The Labute approximate surface area is 86.7 Å². The van der Waals surface area contributed by atoms with E-state index in [9.17, 15) is 18.6 Å². The van der Waals surface area contributed by atoms with Crippen molar-refractivity contribution in [2.75, 3.05) is 12.4 Å². The number of aliphatic hydroxyl groups is 4. The SMILES string of the molecule is NC(CO)C(O)C(O)C(O)CS(=O)(=O)O. The van der Waals surface area contributed by atoms with Gasteiger partial charge in [-0.3, -0.25) is 4.55 Å². The number of rotatable bonds is 6. The first-order chi connectivity index (χ1) is 6.69. The first-order valence-electron chi connectivity index (χ1n) is 4.05. The summed E-state index contributed by atoms with van der Waals surface area (Å²) >= 11 is 0. The molecule has 0 fully saturated rings. The molecule has 8 nitrogen and oxygen atoms in total. The van der Waals surface area contributed by atoms with E-state index >= 15 is 0 Å². The summed E-state index contributed by atoms with van der Waals surface area (Å²) in [6, 6.07) is -1.21. The van der Waals surface area contributed by atoms with Crippen LogP contribution in [-0.2, 0) is 10.1 Å². The van der Waals surface area contributed by atoms with Crippen LogP contribution in [0.2, 0.25) is 0 Å². The molecule has 92 valence electrons. The van der Waals surface area contributed by atoms with E-state index in [2.05, 4.69) is 0 Å². The third kappa shape index (κ3) is 5.37. The molecule has 0 rings (SSSR count). The van der Waals surface area contributed by atoms with Crippen LogP contribution in [0.25, 0.3) is 0 Å². The molecule has 0 bridgehead atoms. The maximum absolute atomic E-state index is 10.3. The van der Waals surface area contributed by atoms with E-state index in [1.165, 1.54) is 0 Å². The Kier molecular flexibility index (Phi) is 5.59. The van der Waals surface area contributed by atoms with Gasteiger partial charge in [0, 0.05) is 0 Å². The van der Waals surface area contributed by atoms with Gasteiger partial charge in [0.25, 0.3) is 10.1 Å². The second-order valence-corrected chi connectivity index (χ2v) is 4.64. The summed E-state index contributed by atoms with van der Waals surface area (Å²) in [5.74, 6) is -1.12. The molecule has 0 amide bonds. The van der Waals surface area contributed by atoms with Crippen LogP contribution in [0.15, 0.2) is 0 Å². The van der Waals surface area contributed by atoms with Crippen molar-refractivity contribution in [2.24, 2.45) is 5.73 Å². The molecule has 0 saturated carbocycles. The molecule has 15 heavy (non-hydrogen) atoms. The van der Waals surface area contributed by atoms with Crippen molar-refractivity contribution in [3.05, 3.63) is 0 Å². The van der Waals surface area contributed by atoms with Gasteiger partial charge in [-0.1, -0.05) is 0 Å². The molecule has 9 heteroatoms. The molecular weight excluding hydrogens is 230 g/mol. The van der Waals surface area contributed by atoms with Crippen LogP contribution in [0.5, 0.6) is 0 Å². The Morgan fingerprint density at radius 1 is 1.13 bits per heavy atom. The topological polar surface area (TPSA) is 161 Å². The molecule has 4 unspecified atom stereocenters. The van der Waals surface area contributed by atoms with Gasteiger partial charge in [-0.2, -0.15) is 8.42 Å². The summed E-state index contributed by atoms with van der Waals surface area (Å²) in [7, 11) is -4.46. The zero-order chi connectivity index (χ0) is 12.2. The highest BCUT2D eigenvalue weighted by molar-refractivity contribution is 7.85. The van der Waals surface area contributed by atoms with Crippen molar-refractivity contribution in [3.8, 4) is 0 Å². The lowest BCUT2D eigenvalue weighted by Gasteiger charge is -2.25. The highest BCUT2D eigenvalue weighted by Gasteiger charge is 2.31. The summed E-state index contributed by atoms with van der Waals surface area (Å²) in [5, 5.41) is 36.0.